The standard InChI is InChI=1S/C15H22BN3O4.C2H6/c1-17-9-11-4-2-5-12(8-11)15(21)18-10-14(20)19-7-3-6-13(19)16(22)23;1-2/h2,4-5,8,13,17,22-23H,3,6-7,9-10H2,1H3,(H,18,21);1-2H3. The van der Waals surface area contributed by atoms with E-state index in [1.807, 2.05) is 27.0 Å². The Morgan fingerprint density at radius 2 is 2.04 bits per heavy atom. The molecule has 2 amide bonds. The molecule has 7 nitrogen and oxygen atoms in total. The number of hydrogen-bond acceptors (Lipinski definition) is 5. The second kappa shape index (κ2) is 10.9. The lowest BCUT2D eigenvalue weighted by molar-refractivity contribution is -0.130. The SMILES string of the molecule is CC.CNCc1cccc(C(=O)NCC(=O)N2CCCC2B(O)O)c1. The molecule has 1 fully saturated rings. The van der Waals surface area contributed by atoms with Crippen molar-refractivity contribution < 1.29 is 19.6 Å². The van der Waals surface area contributed by atoms with Crippen molar-refractivity contribution in [1.29, 1.82) is 0 Å². The highest BCUT2D eigenvalue weighted by Gasteiger charge is 2.36. The highest BCUT2D eigenvalue weighted by molar-refractivity contribution is 6.43. The van der Waals surface area contributed by atoms with Crippen molar-refractivity contribution in [3.05, 3.63) is 35.4 Å². The van der Waals surface area contributed by atoms with Gasteiger partial charge in [-0.25, -0.2) is 0 Å². The highest BCUT2D eigenvalue weighted by Crippen LogP contribution is 2.17. The number of carbonyl (C=O) groups is 2. The van der Waals surface area contributed by atoms with Crippen LogP contribution in [0.4, 0.5) is 0 Å². The molecule has 1 aromatic rings. The summed E-state index contributed by atoms with van der Waals surface area (Å²) in [5, 5.41) is 24.2. The summed E-state index contributed by atoms with van der Waals surface area (Å²) in [5.41, 5.74) is 1.47. The zero-order chi connectivity index (χ0) is 18.8. The second-order valence-corrected chi connectivity index (χ2v) is 5.62. The van der Waals surface area contributed by atoms with Gasteiger partial charge in [0.25, 0.3) is 5.91 Å². The van der Waals surface area contributed by atoms with Crippen LogP contribution in [-0.2, 0) is 11.3 Å². The van der Waals surface area contributed by atoms with Crippen molar-refractivity contribution in [3.63, 3.8) is 0 Å². The lowest BCUT2D eigenvalue weighted by atomic mass is 9.78. The minimum atomic E-state index is -1.55. The molecule has 1 aromatic carbocycles. The minimum Gasteiger partial charge on any atom is -0.426 e. The molecule has 0 spiro atoms. The van der Waals surface area contributed by atoms with E-state index in [1.54, 1.807) is 18.2 Å². The van der Waals surface area contributed by atoms with E-state index in [0.29, 0.717) is 25.1 Å². The van der Waals surface area contributed by atoms with Gasteiger partial charge in [0.05, 0.1) is 12.5 Å². The number of nitrogens with zero attached hydrogens (tertiary/aromatic N) is 1. The molecule has 1 atom stereocenters. The van der Waals surface area contributed by atoms with Crippen LogP contribution in [0.3, 0.4) is 0 Å². The first kappa shape index (κ1) is 21.1. The van der Waals surface area contributed by atoms with Gasteiger partial charge in [-0.05, 0) is 37.6 Å². The fourth-order valence-electron chi connectivity index (χ4n) is 2.80. The van der Waals surface area contributed by atoms with Crippen LogP contribution in [0.2, 0.25) is 0 Å². The molecule has 25 heavy (non-hydrogen) atoms. The molecule has 138 valence electrons. The maximum absolute atomic E-state index is 12.1. The predicted molar refractivity (Wildman–Crippen MR) is 97.8 cm³/mol. The van der Waals surface area contributed by atoms with E-state index in [9.17, 15) is 19.6 Å². The summed E-state index contributed by atoms with van der Waals surface area (Å²) in [6.07, 6.45) is 1.29. The molecule has 1 heterocycles. The third kappa shape index (κ3) is 6.15. The lowest BCUT2D eigenvalue weighted by Crippen LogP contribution is -2.48. The second-order valence-electron chi connectivity index (χ2n) is 5.62. The van der Waals surface area contributed by atoms with Crippen molar-refractivity contribution in [2.75, 3.05) is 20.1 Å². The van der Waals surface area contributed by atoms with Crippen molar-refractivity contribution in [2.24, 2.45) is 0 Å². The smallest absolute Gasteiger partial charge is 0.426 e. The number of amides is 2. The molecule has 0 saturated carbocycles. The summed E-state index contributed by atoms with van der Waals surface area (Å²) in [6, 6.07) is 7.17. The fourth-order valence-corrected chi connectivity index (χ4v) is 2.80. The van der Waals surface area contributed by atoms with Crippen LogP contribution < -0.4 is 10.6 Å². The molecular formula is C17H28BN3O4. The molecule has 0 aromatic heterocycles. The van der Waals surface area contributed by atoms with E-state index < -0.39 is 13.1 Å². The zero-order valence-electron chi connectivity index (χ0n) is 15.2. The van der Waals surface area contributed by atoms with Crippen LogP contribution in [0, 0.1) is 0 Å². The van der Waals surface area contributed by atoms with Gasteiger partial charge >= 0.3 is 7.12 Å². The van der Waals surface area contributed by atoms with Gasteiger partial charge < -0.3 is 25.6 Å². The molecule has 0 radical (unpaired) electrons. The predicted octanol–water partition coefficient (Wildman–Crippen LogP) is 0.165. The van der Waals surface area contributed by atoms with Gasteiger partial charge in [0.15, 0.2) is 0 Å². The van der Waals surface area contributed by atoms with Gasteiger partial charge in [-0.2, -0.15) is 0 Å². The summed E-state index contributed by atoms with van der Waals surface area (Å²) >= 11 is 0. The Morgan fingerprint density at radius 3 is 2.68 bits per heavy atom. The summed E-state index contributed by atoms with van der Waals surface area (Å²) in [5.74, 6) is -1.21. The van der Waals surface area contributed by atoms with Crippen LogP contribution >= 0.6 is 0 Å². The number of nitrogens with one attached hydrogen (secondary N) is 2. The molecule has 1 unspecified atom stereocenters. The Balaban J connectivity index is 0.00000151. The molecule has 1 saturated heterocycles. The lowest BCUT2D eigenvalue weighted by Gasteiger charge is -2.24. The molecule has 2 rings (SSSR count). The Hall–Kier alpha value is -1.90. The van der Waals surface area contributed by atoms with Crippen molar-refractivity contribution in [3.8, 4) is 0 Å². The van der Waals surface area contributed by atoms with Crippen LogP contribution in [0.15, 0.2) is 24.3 Å². The van der Waals surface area contributed by atoms with E-state index in [1.165, 1.54) is 4.90 Å². The van der Waals surface area contributed by atoms with Gasteiger partial charge in [-0.3, -0.25) is 9.59 Å². The molecule has 4 N–H and O–H groups in total. The maximum Gasteiger partial charge on any atom is 0.475 e. The van der Waals surface area contributed by atoms with Crippen LogP contribution in [0.1, 0.15) is 42.6 Å². The quantitative estimate of drug-likeness (QED) is 0.548. The molecule has 1 aliphatic heterocycles. The van der Waals surface area contributed by atoms with E-state index >= 15 is 0 Å². The topological polar surface area (TPSA) is 102 Å². The third-order valence-electron chi connectivity index (χ3n) is 3.93. The van der Waals surface area contributed by atoms with E-state index in [4.69, 9.17) is 0 Å². The Labute approximate surface area is 149 Å². The normalized spacial score (nSPS) is 16.0. The van der Waals surface area contributed by atoms with Gasteiger partial charge in [0.1, 0.15) is 0 Å². The molecule has 0 bridgehead atoms. The first-order valence-electron chi connectivity index (χ1n) is 8.70. The first-order chi connectivity index (χ1) is 12.0. The van der Waals surface area contributed by atoms with Crippen LogP contribution in [-0.4, -0.2) is 60.0 Å². The van der Waals surface area contributed by atoms with Gasteiger partial charge in [-0.1, -0.05) is 26.0 Å². The van der Waals surface area contributed by atoms with Gasteiger partial charge in [0.2, 0.25) is 5.91 Å². The Bertz CT molecular complexity index is 569. The monoisotopic (exact) mass is 349 g/mol. The Morgan fingerprint density at radius 1 is 1.32 bits per heavy atom. The third-order valence-corrected chi connectivity index (χ3v) is 3.93. The largest absolute Gasteiger partial charge is 0.475 e. The zero-order valence-corrected chi connectivity index (χ0v) is 15.2. The summed E-state index contributed by atoms with van der Waals surface area (Å²) in [4.78, 5) is 25.7. The van der Waals surface area contributed by atoms with Crippen LogP contribution in [0.5, 0.6) is 0 Å². The summed E-state index contributed by atoms with van der Waals surface area (Å²) < 4.78 is 0. The Kier molecular flexibility index (Phi) is 9.19. The molecule has 8 heteroatoms. The van der Waals surface area contributed by atoms with E-state index in [-0.39, 0.29) is 18.4 Å². The summed E-state index contributed by atoms with van der Waals surface area (Å²) in [7, 11) is 0.281. The molecule has 0 aliphatic carbocycles. The van der Waals surface area contributed by atoms with E-state index in [2.05, 4.69) is 10.6 Å². The average molecular weight is 349 g/mol. The van der Waals surface area contributed by atoms with Crippen molar-refractivity contribution >= 4 is 18.9 Å². The fraction of sp³-hybridized carbons (Fsp3) is 0.529. The van der Waals surface area contributed by atoms with Gasteiger partial charge in [0, 0.05) is 18.7 Å². The van der Waals surface area contributed by atoms with Gasteiger partial charge in [-0.15, -0.1) is 0 Å². The van der Waals surface area contributed by atoms with Crippen molar-refractivity contribution in [2.45, 2.75) is 39.2 Å². The number of rotatable bonds is 6. The maximum atomic E-state index is 12.1. The first-order valence-corrected chi connectivity index (χ1v) is 8.70. The van der Waals surface area contributed by atoms with E-state index in [0.717, 1.165) is 12.0 Å². The number of hydrogen-bond donors (Lipinski definition) is 4. The number of carbonyl (C=O) groups excluding carboxylic acids is 2. The minimum absolute atomic E-state index is 0.154. The van der Waals surface area contributed by atoms with Crippen molar-refractivity contribution in [1.82, 2.24) is 15.5 Å². The highest BCUT2D eigenvalue weighted by atomic mass is 16.4. The van der Waals surface area contributed by atoms with Crippen LogP contribution in [0.25, 0.3) is 0 Å². The summed E-state index contributed by atoms with van der Waals surface area (Å²) in [6.45, 7) is 4.98. The molecular weight excluding hydrogens is 321 g/mol. The number of likely N-dealkylation sites (tertiary alicyclic amines) is 1. The number of benzene rings is 1. The average Bonchev–Trinajstić information content (AvgIpc) is 3.12. The molecule has 1 aliphatic rings.